The molecule has 2 atom stereocenters. The fourth-order valence-electron chi connectivity index (χ4n) is 7.43. The lowest BCUT2D eigenvalue weighted by atomic mass is 9.81. The monoisotopic (exact) mass is 643 g/mol. The number of aromatic nitrogens is 2. The third-order valence-corrected chi connectivity index (χ3v) is 9.86. The summed E-state index contributed by atoms with van der Waals surface area (Å²) in [5.41, 5.74) is 2.15. The zero-order valence-electron chi connectivity index (χ0n) is 27.3. The molecular weight excluding hydrogens is 602 g/mol. The Balaban J connectivity index is 1.24. The van der Waals surface area contributed by atoms with Crippen molar-refractivity contribution in [2.75, 3.05) is 19.6 Å². The lowest BCUT2D eigenvalue weighted by Crippen LogP contribution is -2.46. The number of para-hydroxylation sites is 1. The molecule has 0 spiro atoms. The molecule has 0 aliphatic carbocycles. The van der Waals surface area contributed by atoms with Gasteiger partial charge in [-0.15, -0.1) is 0 Å². The van der Waals surface area contributed by atoms with E-state index >= 15 is 0 Å². The standard InChI is InChI=1S/C39H41N5O4/c1-38(2,25-40-36(46)29-16-8-10-18-33(29)45)34(43-21-11-4-12-22-43)35-41-31-20-19-27(23-32(31)42-35)39(48)30-17-9-7-15-28(30)37(47)44(39)24-26-13-5-3-6-14-26/h3,5-10,13-20,23,34,45,48H,4,11-12,21-22,24-25H2,1-2H3,(H,40,46)(H,41,42). The van der Waals surface area contributed by atoms with Crippen LogP contribution in [0.15, 0.2) is 97.1 Å². The van der Waals surface area contributed by atoms with Gasteiger partial charge < -0.3 is 20.5 Å². The third kappa shape index (κ3) is 5.63. The van der Waals surface area contributed by atoms with Crippen LogP contribution < -0.4 is 5.32 Å². The van der Waals surface area contributed by atoms with Crippen LogP contribution in [0.3, 0.4) is 0 Å². The Hall–Kier alpha value is -4.99. The summed E-state index contributed by atoms with van der Waals surface area (Å²) < 4.78 is 0. The maximum Gasteiger partial charge on any atom is 0.257 e. The molecule has 9 nitrogen and oxygen atoms in total. The molecule has 0 saturated carbocycles. The van der Waals surface area contributed by atoms with E-state index in [0.717, 1.165) is 48.4 Å². The number of carbonyl (C=O) groups is 2. The molecule has 2 amide bonds. The number of nitrogens with zero attached hydrogens (tertiary/aromatic N) is 3. The highest BCUT2D eigenvalue weighted by atomic mass is 16.3. The smallest absolute Gasteiger partial charge is 0.257 e. The lowest BCUT2D eigenvalue weighted by molar-refractivity contribution is -0.0542. The number of piperidine rings is 1. The van der Waals surface area contributed by atoms with Crippen LogP contribution in [0.4, 0.5) is 0 Å². The maximum absolute atomic E-state index is 13.7. The quantitative estimate of drug-likeness (QED) is 0.154. The largest absolute Gasteiger partial charge is 0.507 e. The summed E-state index contributed by atoms with van der Waals surface area (Å²) in [6.07, 6.45) is 3.34. The number of phenols is 1. The summed E-state index contributed by atoms with van der Waals surface area (Å²) in [6, 6.07) is 29.0. The first-order valence-corrected chi connectivity index (χ1v) is 16.6. The molecule has 4 aromatic carbocycles. The second kappa shape index (κ2) is 12.6. The number of amides is 2. The average molecular weight is 644 g/mol. The number of imidazole rings is 1. The Labute approximate surface area is 280 Å². The predicted octanol–water partition coefficient (Wildman–Crippen LogP) is 6.10. The van der Waals surface area contributed by atoms with E-state index in [1.807, 2.05) is 66.7 Å². The van der Waals surface area contributed by atoms with Crippen LogP contribution in [-0.4, -0.2) is 61.4 Å². The zero-order valence-corrected chi connectivity index (χ0v) is 27.3. The van der Waals surface area contributed by atoms with Gasteiger partial charge in [-0.3, -0.25) is 19.4 Å². The van der Waals surface area contributed by atoms with Crippen molar-refractivity contribution in [2.45, 2.75) is 51.4 Å². The van der Waals surface area contributed by atoms with Crippen LogP contribution in [0, 0.1) is 5.41 Å². The van der Waals surface area contributed by atoms with Crippen molar-refractivity contribution in [1.82, 2.24) is 25.1 Å². The number of fused-ring (bicyclic) bond motifs is 2. The minimum atomic E-state index is -1.68. The first-order chi connectivity index (χ1) is 23.2. The molecule has 4 N–H and O–H groups in total. The van der Waals surface area contributed by atoms with Crippen LogP contribution >= 0.6 is 0 Å². The van der Waals surface area contributed by atoms with Gasteiger partial charge in [-0.1, -0.05) is 87.0 Å². The number of phenolic OH excluding ortho intramolecular Hbond substituents is 1. The molecule has 246 valence electrons. The number of carbonyl (C=O) groups excluding carboxylic acids is 2. The average Bonchev–Trinajstić information content (AvgIpc) is 3.61. The molecule has 48 heavy (non-hydrogen) atoms. The van der Waals surface area contributed by atoms with Crippen LogP contribution in [0.25, 0.3) is 11.0 Å². The van der Waals surface area contributed by atoms with Gasteiger partial charge >= 0.3 is 0 Å². The molecule has 1 saturated heterocycles. The number of nitrogens with one attached hydrogen (secondary N) is 2. The molecule has 0 radical (unpaired) electrons. The Morgan fingerprint density at radius 3 is 2.44 bits per heavy atom. The predicted molar refractivity (Wildman–Crippen MR) is 184 cm³/mol. The van der Waals surface area contributed by atoms with E-state index in [1.54, 1.807) is 24.3 Å². The van der Waals surface area contributed by atoms with Gasteiger partial charge in [-0.2, -0.15) is 0 Å². The first-order valence-electron chi connectivity index (χ1n) is 16.6. The summed E-state index contributed by atoms with van der Waals surface area (Å²) in [6.45, 7) is 6.68. The van der Waals surface area contributed by atoms with Crippen LogP contribution in [0.2, 0.25) is 0 Å². The van der Waals surface area contributed by atoms with Crippen molar-refractivity contribution < 1.29 is 19.8 Å². The molecule has 2 aliphatic heterocycles. The Morgan fingerprint density at radius 1 is 0.958 bits per heavy atom. The highest BCUT2D eigenvalue weighted by Crippen LogP contribution is 2.44. The van der Waals surface area contributed by atoms with Crippen LogP contribution in [0.1, 0.15) is 82.4 Å². The lowest BCUT2D eigenvalue weighted by Gasteiger charge is -2.42. The van der Waals surface area contributed by atoms with Gasteiger partial charge in [0.15, 0.2) is 5.72 Å². The topological polar surface area (TPSA) is 122 Å². The maximum atomic E-state index is 13.7. The molecule has 5 aromatic rings. The fraction of sp³-hybridized carbons (Fsp3) is 0.308. The van der Waals surface area contributed by atoms with Gasteiger partial charge in [0, 0.05) is 35.2 Å². The normalized spacial score (nSPS) is 19.0. The fourth-order valence-corrected chi connectivity index (χ4v) is 7.43. The van der Waals surface area contributed by atoms with Crippen molar-refractivity contribution in [3.05, 3.63) is 131 Å². The van der Waals surface area contributed by atoms with Crippen molar-refractivity contribution in [3.8, 4) is 5.75 Å². The van der Waals surface area contributed by atoms with E-state index in [-0.39, 0.29) is 35.7 Å². The minimum absolute atomic E-state index is 0.0518. The van der Waals surface area contributed by atoms with Crippen molar-refractivity contribution in [2.24, 2.45) is 5.41 Å². The van der Waals surface area contributed by atoms with Crippen molar-refractivity contribution in [1.29, 1.82) is 0 Å². The summed E-state index contributed by atoms with van der Waals surface area (Å²) in [7, 11) is 0. The number of likely N-dealkylation sites (tertiary alicyclic amines) is 1. The summed E-state index contributed by atoms with van der Waals surface area (Å²) in [5, 5.41) is 25.8. The molecule has 7 rings (SSSR count). The van der Waals surface area contributed by atoms with Gasteiger partial charge in [0.25, 0.3) is 11.8 Å². The number of benzene rings is 4. The van der Waals surface area contributed by atoms with Crippen LogP contribution in [-0.2, 0) is 12.3 Å². The number of aliphatic hydroxyl groups is 1. The summed E-state index contributed by atoms with van der Waals surface area (Å²) >= 11 is 0. The van der Waals surface area contributed by atoms with Crippen LogP contribution in [0.5, 0.6) is 5.75 Å². The number of rotatable bonds is 9. The Kier molecular flexibility index (Phi) is 8.27. The molecule has 1 fully saturated rings. The molecule has 3 heterocycles. The van der Waals surface area contributed by atoms with E-state index in [1.165, 1.54) is 17.4 Å². The Bertz CT molecular complexity index is 1970. The number of hydrogen-bond donors (Lipinski definition) is 4. The minimum Gasteiger partial charge on any atom is -0.507 e. The number of aromatic amines is 1. The number of aromatic hydroxyl groups is 1. The second-order valence-electron chi connectivity index (χ2n) is 13.6. The zero-order chi connectivity index (χ0) is 33.5. The second-order valence-corrected chi connectivity index (χ2v) is 13.6. The van der Waals surface area contributed by atoms with E-state index < -0.39 is 11.1 Å². The Morgan fingerprint density at radius 2 is 1.67 bits per heavy atom. The molecule has 0 bridgehead atoms. The highest BCUT2D eigenvalue weighted by molar-refractivity contribution is 6.00. The van der Waals surface area contributed by atoms with Gasteiger partial charge in [-0.05, 0) is 61.8 Å². The highest BCUT2D eigenvalue weighted by Gasteiger charge is 2.50. The molecule has 9 heteroatoms. The molecule has 1 aromatic heterocycles. The van der Waals surface area contributed by atoms with Gasteiger partial charge in [0.1, 0.15) is 11.6 Å². The van der Waals surface area contributed by atoms with E-state index in [2.05, 4.69) is 29.0 Å². The molecule has 2 unspecified atom stereocenters. The number of H-pyrrole nitrogens is 1. The van der Waals surface area contributed by atoms with Gasteiger partial charge in [0.05, 0.1) is 22.6 Å². The molecular formula is C39H41N5O4. The first kappa shape index (κ1) is 31.6. The summed E-state index contributed by atoms with van der Waals surface area (Å²) in [5.74, 6) is 0.179. The third-order valence-electron chi connectivity index (χ3n) is 9.86. The van der Waals surface area contributed by atoms with Crippen molar-refractivity contribution >= 4 is 22.8 Å². The van der Waals surface area contributed by atoms with E-state index in [0.29, 0.717) is 23.2 Å². The number of hydrogen-bond acceptors (Lipinski definition) is 6. The van der Waals surface area contributed by atoms with Crippen molar-refractivity contribution in [3.63, 3.8) is 0 Å². The van der Waals surface area contributed by atoms with E-state index in [4.69, 9.17) is 4.98 Å². The summed E-state index contributed by atoms with van der Waals surface area (Å²) in [4.78, 5) is 39.5. The molecule has 2 aliphatic rings. The SMILES string of the molecule is CC(C)(CNC(=O)c1ccccc1O)C(c1nc2ccc(C3(O)c4ccccc4C(=O)N3Cc3ccccc3)cc2[nH]1)N1CCCCC1. The van der Waals surface area contributed by atoms with E-state index in [9.17, 15) is 19.8 Å². The van der Waals surface area contributed by atoms with Gasteiger partial charge in [0.2, 0.25) is 0 Å². The van der Waals surface area contributed by atoms with Gasteiger partial charge in [-0.25, -0.2) is 4.98 Å².